The number of carbonyl (C=O) groups excluding carboxylic acids is 1. The lowest BCUT2D eigenvalue weighted by Crippen LogP contribution is -2.50. The summed E-state index contributed by atoms with van der Waals surface area (Å²) in [7, 11) is 0. The lowest BCUT2D eigenvalue weighted by atomic mass is 10.1. The molecule has 5 nitrogen and oxygen atoms in total. The Bertz CT molecular complexity index is 1090. The number of amides is 2. The number of urea groups is 1. The van der Waals surface area contributed by atoms with Crippen LogP contribution < -0.4 is 5.32 Å². The minimum absolute atomic E-state index is 0.0427. The van der Waals surface area contributed by atoms with Gasteiger partial charge in [-0.1, -0.05) is 71.8 Å². The highest BCUT2D eigenvalue weighted by Gasteiger charge is 2.24. The first kappa shape index (κ1) is 24.3. The van der Waals surface area contributed by atoms with Crippen molar-refractivity contribution in [1.29, 1.82) is 0 Å². The largest absolute Gasteiger partial charge is 0.368 e. The van der Waals surface area contributed by atoms with Gasteiger partial charge in [-0.3, -0.25) is 4.90 Å². The van der Waals surface area contributed by atoms with Gasteiger partial charge >= 0.3 is 6.03 Å². The fourth-order valence-electron chi connectivity index (χ4n) is 4.21. The van der Waals surface area contributed by atoms with Gasteiger partial charge in [0.25, 0.3) is 0 Å². The average Bonchev–Trinajstić information content (AvgIpc) is 2.84. The fourth-order valence-corrected chi connectivity index (χ4v) is 4.33. The molecule has 1 saturated heterocycles. The van der Waals surface area contributed by atoms with Gasteiger partial charge in [0.05, 0.1) is 12.7 Å². The highest BCUT2D eigenvalue weighted by molar-refractivity contribution is 6.30. The molecule has 0 spiro atoms. The first-order valence-electron chi connectivity index (χ1n) is 11.7. The van der Waals surface area contributed by atoms with E-state index in [1.165, 1.54) is 5.56 Å². The predicted octanol–water partition coefficient (Wildman–Crippen LogP) is 6.06. The summed E-state index contributed by atoms with van der Waals surface area (Å²) in [4.78, 5) is 17.0. The molecular formula is C28H32ClN3O2. The number of nitrogens with zero attached hydrogens (tertiary/aromatic N) is 2. The second-order valence-corrected chi connectivity index (χ2v) is 9.31. The van der Waals surface area contributed by atoms with Crippen molar-refractivity contribution in [1.82, 2.24) is 9.80 Å². The van der Waals surface area contributed by atoms with E-state index in [1.807, 2.05) is 60.4 Å². The quantitative estimate of drug-likeness (QED) is 0.449. The standard InChI is InChI=1S/C28H32ClN3O2/c1-21-6-5-8-23(18-21)20-34-27(24-10-12-25(29)13-11-24)19-31-14-16-32(17-15-31)28(33)30-26-9-4-3-7-22(26)2/h3-13,18,27H,14-17,19-20H2,1-2H3,(H,30,33). The summed E-state index contributed by atoms with van der Waals surface area (Å²) in [6.45, 7) is 8.38. The number of piperazine rings is 1. The minimum Gasteiger partial charge on any atom is -0.368 e. The Morgan fingerprint density at radius 3 is 2.41 bits per heavy atom. The molecule has 1 aliphatic rings. The zero-order valence-electron chi connectivity index (χ0n) is 19.8. The molecule has 1 unspecified atom stereocenters. The molecule has 1 fully saturated rings. The van der Waals surface area contributed by atoms with Gasteiger partial charge in [-0.25, -0.2) is 4.79 Å². The van der Waals surface area contributed by atoms with Gasteiger partial charge in [-0.15, -0.1) is 0 Å². The Labute approximate surface area is 207 Å². The third-order valence-corrected chi connectivity index (χ3v) is 6.50. The number of anilines is 1. The number of para-hydroxylation sites is 1. The second-order valence-electron chi connectivity index (χ2n) is 8.87. The summed E-state index contributed by atoms with van der Waals surface area (Å²) < 4.78 is 6.40. The van der Waals surface area contributed by atoms with Crippen LogP contribution in [0, 0.1) is 13.8 Å². The average molecular weight is 478 g/mol. The summed E-state index contributed by atoms with van der Waals surface area (Å²) in [5, 5.41) is 3.76. The lowest BCUT2D eigenvalue weighted by molar-refractivity contribution is 0.00592. The van der Waals surface area contributed by atoms with E-state index in [0.717, 1.165) is 47.0 Å². The Hall–Kier alpha value is -2.86. The van der Waals surface area contributed by atoms with Crippen molar-refractivity contribution in [2.45, 2.75) is 26.6 Å². The van der Waals surface area contributed by atoms with Gasteiger partial charge in [0.2, 0.25) is 0 Å². The van der Waals surface area contributed by atoms with Crippen LogP contribution in [0.15, 0.2) is 72.8 Å². The third kappa shape index (κ3) is 6.60. The van der Waals surface area contributed by atoms with Gasteiger partial charge in [-0.2, -0.15) is 0 Å². The number of ether oxygens (including phenoxy) is 1. The normalized spacial score (nSPS) is 15.2. The van der Waals surface area contributed by atoms with Crippen LogP contribution in [0.5, 0.6) is 0 Å². The highest BCUT2D eigenvalue weighted by atomic mass is 35.5. The summed E-state index contributed by atoms with van der Waals surface area (Å²) >= 11 is 6.12. The lowest BCUT2D eigenvalue weighted by Gasteiger charge is -2.36. The molecule has 2 amide bonds. The number of benzene rings is 3. The highest BCUT2D eigenvalue weighted by Crippen LogP contribution is 2.24. The Balaban J connectivity index is 1.35. The molecule has 4 rings (SSSR count). The first-order chi connectivity index (χ1) is 16.5. The maximum atomic E-state index is 12.7. The van der Waals surface area contributed by atoms with Crippen molar-refractivity contribution in [3.63, 3.8) is 0 Å². The van der Waals surface area contributed by atoms with Crippen LogP contribution in [0.25, 0.3) is 0 Å². The Morgan fingerprint density at radius 1 is 0.971 bits per heavy atom. The molecule has 0 radical (unpaired) electrons. The maximum Gasteiger partial charge on any atom is 0.321 e. The van der Waals surface area contributed by atoms with Gasteiger partial charge < -0.3 is 15.0 Å². The third-order valence-electron chi connectivity index (χ3n) is 6.25. The summed E-state index contributed by atoms with van der Waals surface area (Å²) in [5.74, 6) is 0. The SMILES string of the molecule is Cc1cccc(COC(CN2CCN(C(=O)Nc3ccccc3C)CC2)c2ccc(Cl)cc2)c1. The number of carbonyl (C=O) groups is 1. The monoisotopic (exact) mass is 477 g/mol. The molecule has 1 N–H and O–H groups in total. The van der Waals surface area contributed by atoms with Crippen LogP contribution in [0.1, 0.15) is 28.4 Å². The number of hydrogen-bond acceptors (Lipinski definition) is 3. The Morgan fingerprint density at radius 2 is 1.71 bits per heavy atom. The van der Waals surface area contributed by atoms with E-state index in [-0.39, 0.29) is 12.1 Å². The van der Waals surface area contributed by atoms with E-state index in [9.17, 15) is 4.79 Å². The van der Waals surface area contributed by atoms with Gasteiger partial charge in [0.1, 0.15) is 0 Å². The molecular weight excluding hydrogens is 446 g/mol. The molecule has 0 aliphatic carbocycles. The van der Waals surface area contributed by atoms with Crippen molar-refractivity contribution in [3.8, 4) is 0 Å². The van der Waals surface area contributed by atoms with Crippen molar-refractivity contribution < 1.29 is 9.53 Å². The zero-order valence-corrected chi connectivity index (χ0v) is 20.6. The minimum atomic E-state index is -0.0786. The van der Waals surface area contributed by atoms with Gasteiger partial charge in [0, 0.05) is 43.4 Å². The second kappa shape index (κ2) is 11.5. The predicted molar refractivity (Wildman–Crippen MR) is 138 cm³/mol. The summed E-state index contributed by atoms with van der Waals surface area (Å²) in [6, 6.07) is 24.1. The number of hydrogen-bond donors (Lipinski definition) is 1. The maximum absolute atomic E-state index is 12.7. The van der Waals surface area contributed by atoms with E-state index in [0.29, 0.717) is 19.7 Å². The Kier molecular flexibility index (Phi) is 8.22. The first-order valence-corrected chi connectivity index (χ1v) is 12.1. The number of aryl methyl sites for hydroxylation is 2. The van der Waals surface area contributed by atoms with E-state index >= 15 is 0 Å². The molecule has 178 valence electrons. The number of halogens is 1. The molecule has 34 heavy (non-hydrogen) atoms. The van der Waals surface area contributed by atoms with Crippen LogP contribution in [0.3, 0.4) is 0 Å². The molecule has 0 saturated carbocycles. The van der Waals surface area contributed by atoms with E-state index < -0.39 is 0 Å². The molecule has 1 atom stereocenters. The van der Waals surface area contributed by atoms with Crippen LogP contribution in [-0.4, -0.2) is 48.6 Å². The molecule has 1 aliphatic heterocycles. The van der Waals surface area contributed by atoms with Crippen molar-refractivity contribution in [2.24, 2.45) is 0 Å². The fraction of sp³-hybridized carbons (Fsp3) is 0.321. The number of rotatable bonds is 7. The summed E-state index contributed by atoms with van der Waals surface area (Å²) in [6.07, 6.45) is -0.0786. The zero-order chi connectivity index (χ0) is 23.9. The summed E-state index contributed by atoms with van der Waals surface area (Å²) in [5.41, 5.74) is 5.42. The van der Waals surface area contributed by atoms with E-state index in [4.69, 9.17) is 16.3 Å². The van der Waals surface area contributed by atoms with Crippen LogP contribution in [0.4, 0.5) is 10.5 Å². The molecule has 1 heterocycles. The van der Waals surface area contributed by atoms with Crippen LogP contribution in [0.2, 0.25) is 5.02 Å². The van der Waals surface area contributed by atoms with Gasteiger partial charge in [0.15, 0.2) is 0 Å². The van der Waals surface area contributed by atoms with Crippen molar-refractivity contribution >= 4 is 23.3 Å². The van der Waals surface area contributed by atoms with Crippen LogP contribution in [-0.2, 0) is 11.3 Å². The van der Waals surface area contributed by atoms with E-state index in [1.54, 1.807) is 0 Å². The smallest absolute Gasteiger partial charge is 0.321 e. The molecule has 3 aromatic rings. The number of nitrogens with one attached hydrogen (secondary N) is 1. The molecule has 0 bridgehead atoms. The van der Waals surface area contributed by atoms with Gasteiger partial charge in [-0.05, 0) is 48.7 Å². The van der Waals surface area contributed by atoms with Crippen molar-refractivity contribution in [3.05, 3.63) is 100 Å². The topological polar surface area (TPSA) is 44.8 Å². The van der Waals surface area contributed by atoms with Crippen LogP contribution >= 0.6 is 11.6 Å². The van der Waals surface area contributed by atoms with Crippen molar-refractivity contribution in [2.75, 3.05) is 38.0 Å². The van der Waals surface area contributed by atoms with E-state index in [2.05, 4.69) is 41.4 Å². The molecule has 0 aromatic heterocycles. The molecule has 3 aromatic carbocycles. The molecule has 6 heteroatoms.